The molecule has 2 rings (SSSR count). The second-order valence-electron chi connectivity index (χ2n) is 5.02. The van der Waals surface area contributed by atoms with E-state index in [0.29, 0.717) is 5.92 Å². The van der Waals surface area contributed by atoms with Crippen LogP contribution in [0.25, 0.3) is 0 Å². The van der Waals surface area contributed by atoms with Crippen molar-refractivity contribution in [3.8, 4) is 5.75 Å². The van der Waals surface area contributed by atoms with Crippen LogP contribution in [0, 0.1) is 5.92 Å². The molecule has 0 saturated heterocycles. The fourth-order valence-corrected chi connectivity index (χ4v) is 3.35. The topological polar surface area (TPSA) is 35.5 Å². The third kappa shape index (κ3) is 3.11. The van der Waals surface area contributed by atoms with Gasteiger partial charge in [-0.15, -0.1) is 0 Å². The van der Waals surface area contributed by atoms with Gasteiger partial charge in [-0.2, -0.15) is 0 Å². The Bertz CT molecular complexity index is 485. The molecule has 0 heterocycles. The van der Waals surface area contributed by atoms with E-state index in [9.17, 15) is 4.79 Å². The summed E-state index contributed by atoms with van der Waals surface area (Å²) < 4.78 is 11.9. The number of fused-ring (bicyclic) bond motifs is 1. The van der Waals surface area contributed by atoms with Gasteiger partial charge in [-0.05, 0) is 49.4 Å². The quantitative estimate of drug-likeness (QED) is 0.797. The Kier molecular flexibility index (Phi) is 4.50. The van der Waals surface area contributed by atoms with Gasteiger partial charge >= 0.3 is 5.97 Å². The van der Waals surface area contributed by atoms with Crippen LogP contribution in [-0.4, -0.2) is 19.2 Å². The minimum absolute atomic E-state index is 0.0469. The summed E-state index contributed by atoms with van der Waals surface area (Å²) in [6, 6.07) is 4.02. The van der Waals surface area contributed by atoms with E-state index in [2.05, 4.69) is 15.9 Å². The summed E-state index contributed by atoms with van der Waals surface area (Å²) in [5, 5.41) is 0. The molecule has 3 nitrogen and oxygen atoms in total. The highest BCUT2D eigenvalue weighted by atomic mass is 79.9. The van der Waals surface area contributed by atoms with E-state index >= 15 is 0 Å². The predicted molar refractivity (Wildman–Crippen MR) is 77.4 cm³/mol. The summed E-state index contributed by atoms with van der Waals surface area (Å²) in [5.74, 6) is 1.08. The van der Waals surface area contributed by atoms with Crippen molar-refractivity contribution in [3.05, 3.63) is 27.7 Å². The van der Waals surface area contributed by atoms with Gasteiger partial charge in [0.25, 0.3) is 0 Å². The number of hydrogen-bond acceptors (Lipinski definition) is 3. The highest BCUT2D eigenvalue weighted by molar-refractivity contribution is 9.10. The molecule has 2 atom stereocenters. The van der Waals surface area contributed by atoms with Crippen molar-refractivity contribution in [2.24, 2.45) is 5.92 Å². The fraction of sp³-hybridized carbons (Fsp3) is 0.533. The number of carbonyl (C=O) groups excluding carboxylic acids is 1. The Morgan fingerprint density at radius 3 is 2.79 bits per heavy atom. The number of esters is 1. The van der Waals surface area contributed by atoms with Gasteiger partial charge in [-0.25, -0.2) is 0 Å². The monoisotopic (exact) mass is 326 g/mol. The molecule has 0 saturated carbocycles. The molecule has 1 aliphatic carbocycles. The van der Waals surface area contributed by atoms with Crippen LogP contribution in [0.4, 0.5) is 0 Å². The Labute approximate surface area is 122 Å². The number of rotatable bonds is 3. The van der Waals surface area contributed by atoms with E-state index in [1.807, 2.05) is 19.1 Å². The normalized spacial score (nSPS) is 19.5. The molecule has 0 N–H and O–H groups in total. The maximum atomic E-state index is 11.1. The summed E-state index contributed by atoms with van der Waals surface area (Å²) in [5.41, 5.74) is 2.57. The average Bonchev–Trinajstić information content (AvgIpc) is 2.38. The van der Waals surface area contributed by atoms with Crippen molar-refractivity contribution in [1.82, 2.24) is 0 Å². The first-order chi connectivity index (χ1) is 9.02. The molecule has 1 unspecified atom stereocenters. The van der Waals surface area contributed by atoms with Crippen molar-refractivity contribution in [2.75, 3.05) is 7.11 Å². The lowest BCUT2D eigenvalue weighted by molar-refractivity contribution is -0.148. The van der Waals surface area contributed by atoms with E-state index in [0.717, 1.165) is 29.5 Å². The van der Waals surface area contributed by atoms with E-state index < -0.39 is 0 Å². The van der Waals surface area contributed by atoms with Crippen LogP contribution in [0.2, 0.25) is 0 Å². The lowest BCUT2D eigenvalue weighted by Crippen LogP contribution is -2.28. The van der Waals surface area contributed by atoms with Gasteiger partial charge in [0.2, 0.25) is 0 Å². The van der Waals surface area contributed by atoms with E-state index in [-0.39, 0.29) is 12.1 Å². The van der Waals surface area contributed by atoms with Gasteiger partial charge in [-0.3, -0.25) is 4.79 Å². The first-order valence-electron chi connectivity index (χ1n) is 6.54. The van der Waals surface area contributed by atoms with Crippen LogP contribution in [0.15, 0.2) is 16.6 Å². The Balaban J connectivity index is 2.23. The Morgan fingerprint density at radius 1 is 1.42 bits per heavy atom. The summed E-state index contributed by atoms with van der Waals surface area (Å²) in [6.07, 6.45) is 2.87. The smallest absolute Gasteiger partial charge is 0.302 e. The second-order valence-corrected chi connectivity index (χ2v) is 5.88. The Morgan fingerprint density at radius 2 is 2.16 bits per heavy atom. The number of halogens is 1. The molecule has 0 aliphatic heterocycles. The number of ether oxygens (including phenoxy) is 2. The summed E-state index contributed by atoms with van der Waals surface area (Å²) in [7, 11) is 1.70. The molecule has 0 radical (unpaired) electrons. The molecule has 4 heteroatoms. The predicted octanol–water partition coefficient (Wildman–Crippen LogP) is 3.51. The molecule has 0 spiro atoms. The molecule has 0 aromatic heterocycles. The molecule has 0 bridgehead atoms. The zero-order valence-electron chi connectivity index (χ0n) is 11.5. The van der Waals surface area contributed by atoms with Crippen molar-refractivity contribution >= 4 is 21.9 Å². The van der Waals surface area contributed by atoms with Crippen molar-refractivity contribution in [1.29, 1.82) is 0 Å². The third-order valence-corrected chi connectivity index (χ3v) is 4.54. The molecular weight excluding hydrogens is 308 g/mol. The van der Waals surface area contributed by atoms with Crippen LogP contribution < -0.4 is 4.74 Å². The minimum Gasteiger partial charge on any atom is -0.496 e. The molecule has 1 aromatic rings. The van der Waals surface area contributed by atoms with Gasteiger partial charge in [0.1, 0.15) is 11.9 Å². The number of methoxy groups -OCH3 is 1. The van der Waals surface area contributed by atoms with Gasteiger partial charge in [0.15, 0.2) is 0 Å². The highest BCUT2D eigenvalue weighted by Crippen LogP contribution is 2.38. The van der Waals surface area contributed by atoms with E-state index in [1.165, 1.54) is 18.1 Å². The lowest BCUT2D eigenvalue weighted by Gasteiger charge is -2.30. The lowest BCUT2D eigenvalue weighted by atomic mass is 9.81. The van der Waals surface area contributed by atoms with Crippen LogP contribution in [0.3, 0.4) is 0 Å². The highest BCUT2D eigenvalue weighted by Gasteiger charge is 2.28. The van der Waals surface area contributed by atoms with Gasteiger partial charge in [-0.1, -0.05) is 15.9 Å². The second kappa shape index (κ2) is 5.95. The van der Waals surface area contributed by atoms with Gasteiger partial charge in [0.05, 0.1) is 7.11 Å². The van der Waals surface area contributed by atoms with Crippen LogP contribution in [-0.2, 0) is 22.4 Å². The van der Waals surface area contributed by atoms with Crippen molar-refractivity contribution < 1.29 is 14.3 Å². The van der Waals surface area contributed by atoms with Crippen molar-refractivity contribution in [2.45, 2.75) is 39.2 Å². The SMILES string of the molecule is COc1ccc(Br)c2c1C[C@H](C(C)OC(C)=O)CC2. The summed E-state index contributed by atoms with van der Waals surface area (Å²) >= 11 is 3.60. The molecule has 104 valence electrons. The zero-order valence-corrected chi connectivity index (χ0v) is 13.1. The molecular formula is C15H19BrO3. The number of carbonyl (C=O) groups is 1. The molecule has 19 heavy (non-hydrogen) atoms. The average molecular weight is 327 g/mol. The molecule has 1 aliphatic rings. The standard InChI is InChI=1S/C15H19BrO3/c1-9(19-10(2)17)11-4-5-12-13(8-11)15(18-3)7-6-14(12)16/h6-7,9,11H,4-5,8H2,1-3H3/t9?,11-/m1/s1. The summed E-state index contributed by atoms with van der Waals surface area (Å²) in [6.45, 7) is 3.44. The maximum Gasteiger partial charge on any atom is 0.302 e. The van der Waals surface area contributed by atoms with E-state index in [1.54, 1.807) is 7.11 Å². The third-order valence-electron chi connectivity index (χ3n) is 3.80. The molecule has 0 amide bonds. The van der Waals surface area contributed by atoms with Crippen LogP contribution in [0.1, 0.15) is 31.4 Å². The first-order valence-corrected chi connectivity index (χ1v) is 7.33. The summed E-state index contributed by atoms with van der Waals surface area (Å²) in [4.78, 5) is 11.1. The first kappa shape index (κ1) is 14.4. The minimum atomic E-state index is -0.209. The maximum absolute atomic E-state index is 11.1. The van der Waals surface area contributed by atoms with Crippen LogP contribution >= 0.6 is 15.9 Å². The zero-order chi connectivity index (χ0) is 14.0. The Hall–Kier alpha value is -1.03. The van der Waals surface area contributed by atoms with Crippen molar-refractivity contribution in [3.63, 3.8) is 0 Å². The molecule has 0 fully saturated rings. The fourth-order valence-electron chi connectivity index (χ4n) is 2.78. The van der Waals surface area contributed by atoms with Gasteiger partial charge in [0, 0.05) is 17.3 Å². The van der Waals surface area contributed by atoms with Gasteiger partial charge < -0.3 is 9.47 Å². The van der Waals surface area contributed by atoms with E-state index in [4.69, 9.17) is 9.47 Å². The van der Waals surface area contributed by atoms with Crippen LogP contribution in [0.5, 0.6) is 5.75 Å². The largest absolute Gasteiger partial charge is 0.496 e. The number of hydrogen-bond donors (Lipinski definition) is 0. The number of benzene rings is 1. The molecule has 1 aromatic carbocycles.